The Morgan fingerprint density at radius 3 is 3.23 bits per heavy atom. The van der Waals surface area contributed by atoms with Gasteiger partial charge in [0.2, 0.25) is 0 Å². The number of nitrogens with zero attached hydrogens (tertiary/aromatic N) is 2. The fourth-order valence-corrected chi connectivity index (χ4v) is 1.42. The van der Waals surface area contributed by atoms with Gasteiger partial charge >= 0.3 is 0 Å². The third kappa shape index (κ3) is 1.36. The van der Waals surface area contributed by atoms with Gasteiger partial charge in [-0.05, 0) is 6.07 Å². The Hall–Kier alpha value is -1.53. The van der Waals surface area contributed by atoms with Gasteiger partial charge in [0.1, 0.15) is 0 Å². The molecule has 0 amide bonds. The lowest BCUT2D eigenvalue weighted by Crippen LogP contribution is -1.80. The van der Waals surface area contributed by atoms with Crippen LogP contribution in [-0.4, -0.2) is 9.97 Å². The molecule has 1 N–H and O–H groups in total. The second-order valence-electron chi connectivity index (χ2n) is 2.70. The lowest BCUT2D eigenvalue weighted by atomic mass is 10.2. The summed E-state index contributed by atoms with van der Waals surface area (Å²) < 4.78 is 0. The number of hydrogen-bond donors (Lipinski definition) is 1. The average Bonchev–Trinajstić information content (AvgIpc) is 2.49. The van der Waals surface area contributed by atoms with Crippen LogP contribution in [-0.2, 0) is 6.42 Å². The molecule has 2 aromatic heterocycles. The number of rotatable bonds is 1. The highest BCUT2D eigenvalue weighted by molar-refractivity contribution is 6.31. The molecular weight excluding hydrogens is 186 g/mol. The first-order chi connectivity index (χ1) is 6.31. The van der Waals surface area contributed by atoms with Crippen LogP contribution in [0.5, 0.6) is 0 Å². The molecule has 0 atom stereocenters. The maximum absolute atomic E-state index is 8.53. The van der Waals surface area contributed by atoms with Crippen LogP contribution in [0, 0.1) is 11.3 Å². The van der Waals surface area contributed by atoms with Crippen molar-refractivity contribution in [1.82, 2.24) is 9.97 Å². The van der Waals surface area contributed by atoms with Gasteiger partial charge in [-0.2, -0.15) is 5.26 Å². The van der Waals surface area contributed by atoms with E-state index in [-0.39, 0.29) is 0 Å². The molecular formula is C9H6ClN3. The summed E-state index contributed by atoms with van der Waals surface area (Å²) in [5, 5.41) is 9.13. The van der Waals surface area contributed by atoms with Gasteiger partial charge in [0.05, 0.1) is 28.5 Å². The molecule has 0 aliphatic carbocycles. The van der Waals surface area contributed by atoms with Crippen molar-refractivity contribution < 1.29 is 0 Å². The predicted molar refractivity (Wildman–Crippen MR) is 50.4 cm³/mol. The topological polar surface area (TPSA) is 52.5 Å². The van der Waals surface area contributed by atoms with Crippen molar-refractivity contribution in [2.24, 2.45) is 0 Å². The SMILES string of the molecule is N#CCc1c[nH]c2cc(Cl)cnc12. The maximum Gasteiger partial charge on any atom is 0.0922 e. The molecule has 4 heteroatoms. The minimum Gasteiger partial charge on any atom is -0.359 e. The van der Waals surface area contributed by atoms with E-state index < -0.39 is 0 Å². The molecule has 64 valence electrons. The number of halogens is 1. The summed E-state index contributed by atoms with van der Waals surface area (Å²) in [6.07, 6.45) is 3.74. The van der Waals surface area contributed by atoms with E-state index in [0.717, 1.165) is 16.6 Å². The standard InChI is InChI=1S/C9H6ClN3/c10-7-3-8-9(13-5-7)6(1-2-11)4-12-8/h3-5,12H,1H2. The molecule has 0 saturated carbocycles. The highest BCUT2D eigenvalue weighted by atomic mass is 35.5. The van der Waals surface area contributed by atoms with Crippen molar-refractivity contribution in [3.05, 3.63) is 29.0 Å². The van der Waals surface area contributed by atoms with E-state index in [0.29, 0.717) is 11.4 Å². The van der Waals surface area contributed by atoms with Crippen molar-refractivity contribution in [1.29, 1.82) is 5.26 Å². The Balaban J connectivity index is 2.63. The number of hydrogen-bond acceptors (Lipinski definition) is 2. The Labute approximate surface area is 80.0 Å². The fourth-order valence-electron chi connectivity index (χ4n) is 1.26. The van der Waals surface area contributed by atoms with E-state index in [1.54, 1.807) is 18.5 Å². The summed E-state index contributed by atoms with van der Waals surface area (Å²) in [4.78, 5) is 7.16. The van der Waals surface area contributed by atoms with Gasteiger partial charge in [-0.3, -0.25) is 4.98 Å². The third-order valence-electron chi connectivity index (χ3n) is 1.83. The number of nitriles is 1. The predicted octanol–water partition coefficient (Wildman–Crippen LogP) is 2.28. The molecule has 0 bridgehead atoms. The maximum atomic E-state index is 8.53. The number of nitrogens with one attached hydrogen (secondary N) is 1. The second-order valence-corrected chi connectivity index (χ2v) is 3.13. The van der Waals surface area contributed by atoms with Gasteiger partial charge in [0, 0.05) is 18.0 Å². The highest BCUT2D eigenvalue weighted by Gasteiger charge is 2.04. The van der Waals surface area contributed by atoms with Gasteiger partial charge in [0.15, 0.2) is 0 Å². The lowest BCUT2D eigenvalue weighted by Gasteiger charge is -1.91. The van der Waals surface area contributed by atoms with Gasteiger partial charge in [-0.1, -0.05) is 11.6 Å². The average molecular weight is 192 g/mol. The molecule has 2 aromatic rings. The zero-order valence-electron chi connectivity index (χ0n) is 6.71. The fraction of sp³-hybridized carbons (Fsp3) is 0.111. The van der Waals surface area contributed by atoms with Crippen molar-refractivity contribution in [2.45, 2.75) is 6.42 Å². The number of pyridine rings is 1. The smallest absolute Gasteiger partial charge is 0.0922 e. The lowest BCUT2D eigenvalue weighted by molar-refractivity contribution is 1.26. The number of aromatic amines is 1. The van der Waals surface area contributed by atoms with Crippen LogP contribution in [0.25, 0.3) is 11.0 Å². The minimum absolute atomic E-state index is 0.370. The Kier molecular flexibility index (Phi) is 1.91. The Morgan fingerprint density at radius 1 is 1.62 bits per heavy atom. The normalized spacial score (nSPS) is 10.2. The third-order valence-corrected chi connectivity index (χ3v) is 2.04. The van der Waals surface area contributed by atoms with E-state index in [1.807, 2.05) is 0 Å². The first kappa shape index (κ1) is 8.09. The summed E-state index contributed by atoms with van der Waals surface area (Å²) >= 11 is 5.76. The molecule has 0 saturated heterocycles. The van der Waals surface area contributed by atoms with Gasteiger partial charge in [-0.15, -0.1) is 0 Å². The second kappa shape index (κ2) is 3.08. The summed E-state index contributed by atoms with van der Waals surface area (Å²) in [5.41, 5.74) is 2.61. The summed E-state index contributed by atoms with van der Waals surface area (Å²) in [6, 6.07) is 3.88. The zero-order chi connectivity index (χ0) is 9.26. The molecule has 0 fully saturated rings. The van der Waals surface area contributed by atoms with Crippen LogP contribution in [0.3, 0.4) is 0 Å². The largest absolute Gasteiger partial charge is 0.359 e. The summed E-state index contributed by atoms with van der Waals surface area (Å²) in [6.45, 7) is 0. The van der Waals surface area contributed by atoms with Crippen LogP contribution < -0.4 is 0 Å². The first-order valence-corrected chi connectivity index (χ1v) is 4.17. The van der Waals surface area contributed by atoms with E-state index in [4.69, 9.17) is 16.9 Å². The summed E-state index contributed by atoms with van der Waals surface area (Å²) in [5.74, 6) is 0. The van der Waals surface area contributed by atoms with Crippen molar-refractivity contribution >= 4 is 22.6 Å². The molecule has 2 rings (SSSR count). The number of H-pyrrole nitrogens is 1. The van der Waals surface area contributed by atoms with Crippen LogP contribution in [0.4, 0.5) is 0 Å². The van der Waals surface area contributed by atoms with E-state index in [9.17, 15) is 0 Å². The molecule has 0 radical (unpaired) electrons. The van der Waals surface area contributed by atoms with Crippen LogP contribution in [0.1, 0.15) is 5.56 Å². The molecule has 13 heavy (non-hydrogen) atoms. The van der Waals surface area contributed by atoms with Crippen molar-refractivity contribution in [2.75, 3.05) is 0 Å². The molecule has 0 aliphatic rings. The van der Waals surface area contributed by atoms with Gasteiger partial charge in [-0.25, -0.2) is 0 Å². The zero-order valence-corrected chi connectivity index (χ0v) is 7.47. The number of fused-ring (bicyclic) bond motifs is 1. The van der Waals surface area contributed by atoms with Crippen molar-refractivity contribution in [3.8, 4) is 6.07 Å². The molecule has 0 aromatic carbocycles. The van der Waals surface area contributed by atoms with Crippen LogP contribution >= 0.6 is 11.6 Å². The monoisotopic (exact) mass is 191 g/mol. The quantitative estimate of drug-likeness (QED) is 0.752. The molecule has 0 aliphatic heterocycles. The molecule has 3 nitrogen and oxygen atoms in total. The molecule has 2 heterocycles. The van der Waals surface area contributed by atoms with Gasteiger partial charge < -0.3 is 4.98 Å². The first-order valence-electron chi connectivity index (χ1n) is 3.79. The highest BCUT2D eigenvalue weighted by Crippen LogP contribution is 2.19. The minimum atomic E-state index is 0.370. The van der Waals surface area contributed by atoms with E-state index >= 15 is 0 Å². The van der Waals surface area contributed by atoms with E-state index in [2.05, 4.69) is 16.0 Å². The van der Waals surface area contributed by atoms with Gasteiger partial charge in [0.25, 0.3) is 0 Å². The van der Waals surface area contributed by atoms with Crippen LogP contribution in [0.15, 0.2) is 18.5 Å². The summed E-state index contributed by atoms with van der Waals surface area (Å²) in [7, 11) is 0. The Morgan fingerprint density at radius 2 is 2.46 bits per heavy atom. The Bertz CT molecular complexity index is 481. The van der Waals surface area contributed by atoms with Crippen LogP contribution in [0.2, 0.25) is 5.02 Å². The number of aromatic nitrogens is 2. The molecule has 0 unspecified atom stereocenters. The van der Waals surface area contributed by atoms with E-state index in [1.165, 1.54) is 0 Å². The molecule has 0 spiro atoms. The van der Waals surface area contributed by atoms with Crippen molar-refractivity contribution in [3.63, 3.8) is 0 Å².